The Morgan fingerprint density at radius 2 is 2.11 bits per heavy atom. The van der Waals surface area contributed by atoms with Crippen molar-refractivity contribution in [3.8, 4) is 0 Å². The lowest BCUT2D eigenvalue weighted by molar-refractivity contribution is -0.173. The van der Waals surface area contributed by atoms with Gasteiger partial charge >= 0.3 is 0 Å². The molecule has 6 nitrogen and oxygen atoms in total. The second-order valence-electron chi connectivity index (χ2n) is 7.09. The average molecular weight is 447 g/mol. The number of furan rings is 1. The summed E-state index contributed by atoms with van der Waals surface area (Å²) in [5, 5.41) is 2.99. The van der Waals surface area contributed by atoms with Crippen LogP contribution >= 0.6 is 15.9 Å². The Morgan fingerprint density at radius 1 is 1.32 bits per heavy atom. The number of hydrogen-bond donors (Lipinski definition) is 1. The number of halogens is 1. The van der Waals surface area contributed by atoms with Crippen molar-refractivity contribution in [1.82, 2.24) is 0 Å². The standard InChI is InChI=1S/C21H23BrN2O4/c1-3-15-13-21(26-11-12-27-21)9-10-24(15)19-14(2)5-4-6-16(19)23-20(25)17-7-8-18(22)28-17/h3-8,15H,1,9-13H2,2H3,(H,23,25). The van der Waals surface area contributed by atoms with Crippen molar-refractivity contribution in [1.29, 1.82) is 0 Å². The van der Waals surface area contributed by atoms with Gasteiger partial charge in [-0.25, -0.2) is 0 Å². The third kappa shape index (κ3) is 3.62. The van der Waals surface area contributed by atoms with Crippen molar-refractivity contribution in [2.24, 2.45) is 0 Å². The number of hydrogen-bond acceptors (Lipinski definition) is 5. The molecule has 2 aromatic rings. The molecule has 4 rings (SSSR count). The van der Waals surface area contributed by atoms with Crippen LogP contribution < -0.4 is 10.2 Å². The molecule has 2 fully saturated rings. The minimum absolute atomic E-state index is 0.0429. The van der Waals surface area contributed by atoms with Crippen LogP contribution in [-0.2, 0) is 9.47 Å². The first kappa shape index (κ1) is 19.2. The molecule has 0 bridgehead atoms. The monoisotopic (exact) mass is 446 g/mol. The van der Waals surface area contributed by atoms with E-state index in [1.807, 2.05) is 31.2 Å². The number of ether oxygens (including phenoxy) is 2. The van der Waals surface area contributed by atoms with Gasteiger partial charge in [-0.2, -0.15) is 0 Å². The van der Waals surface area contributed by atoms with Gasteiger partial charge in [0.25, 0.3) is 5.91 Å². The van der Waals surface area contributed by atoms with Crippen molar-refractivity contribution >= 4 is 33.2 Å². The fourth-order valence-electron chi connectivity index (χ4n) is 4.00. The number of benzene rings is 1. The molecular formula is C21H23BrN2O4. The SMILES string of the molecule is C=CC1CC2(CCN1c1c(C)cccc1NC(=O)c1ccc(Br)o1)OCCO2. The molecule has 1 spiro atoms. The molecule has 1 aromatic heterocycles. The molecule has 0 radical (unpaired) electrons. The van der Waals surface area contributed by atoms with Crippen molar-refractivity contribution in [3.05, 3.63) is 59.0 Å². The van der Waals surface area contributed by atoms with Crippen LogP contribution in [-0.4, -0.2) is 37.5 Å². The quantitative estimate of drug-likeness (QED) is 0.700. The summed E-state index contributed by atoms with van der Waals surface area (Å²) >= 11 is 3.23. The molecule has 1 unspecified atom stereocenters. The van der Waals surface area contributed by atoms with Crippen molar-refractivity contribution in [2.75, 3.05) is 30.0 Å². The van der Waals surface area contributed by atoms with Gasteiger partial charge in [0.1, 0.15) is 0 Å². The summed E-state index contributed by atoms with van der Waals surface area (Å²) < 4.78 is 17.7. The molecule has 2 aliphatic rings. The van der Waals surface area contributed by atoms with E-state index in [1.54, 1.807) is 12.1 Å². The van der Waals surface area contributed by atoms with E-state index in [1.165, 1.54) is 0 Å². The third-order valence-corrected chi connectivity index (χ3v) is 5.74. The first-order valence-corrected chi connectivity index (χ1v) is 10.1. The number of aryl methyl sites for hydroxylation is 1. The molecule has 148 valence electrons. The molecule has 2 aliphatic heterocycles. The summed E-state index contributed by atoms with van der Waals surface area (Å²) in [6.45, 7) is 8.08. The number of piperidine rings is 1. The van der Waals surface area contributed by atoms with E-state index < -0.39 is 5.79 Å². The van der Waals surface area contributed by atoms with E-state index in [9.17, 15) is 4.79 Å². The highest BCUT2D eigenvalue weighted by Crippen LogP contribution is 2.40. The zero-order chi connectivity index (χ0) is 19.7. The Balaban J connectivity index is 1.62. The van der Waals surface area contributed by atoms with Crippen LogP contribution in [0.15, 0.2) is 52.1 Å². The smallest absolute Gasteiger partial charge is 0.291 e. The number of amides is 1. The van der Waals surface area contributed by atoms with Crippen molar-refractivity contribution < 1.29 is 18.7 Å². The van der Waals surface area contributed by atoms with Gasteiger partial charge in [0.15, 0.2) is 16.2 Å². The third-order valence-electron chi connectivity index (χ3n) is 5.31. The lowest BCUT2D eigenvalue weighted by atomic mass is 9.94. The average Bonchev–Trinajstić information content (AvgIpc) is 3.32. The number of rotatable bonds is 4. The predicted octanol–water partition coefficient (Wildman–Crippen LogP) is 4.50. The Hall–Kier alpha value is -2.09. The Kier molecular flexibility index (Phi) is 5.31. The highest BCUT2D eigenvalue weighted by atomic mass is 79.9. The van der Waals surface area contributed by atoms with E-state index in [0.29, 0.717) is 24.3 Å². The molecule has 0 aliphatic carbocycles. The minimum Gasteiger partial charge on any atom is -0.444 e. The van der Waals surface area contributed by atoms with Gasteiger partial charge in [0, 0.05) is 19.4 Å². The summed E-state index contributed by atoms with van der Waals surface area (Å²) in [7, 11) is 0. The van der Waals surface area contributed by atoms with E-state index in [0.717, 1.165) is 29.9 Å². The fourth-order valence-corrected chi connectivity index (χ4v) is 4.30. The van der Waals surface area contributed by atoms with Crippen LogP contribution in [0, 0.1) is 6.92 Å². The van der Waals surface area contributed by atoms with E-state index in [-0.39, 0.29) is 17.7 Å². The van der Waals surface area contributed by atoms with Gasteiger partial charge in [-0.3, -0.25) is 4.79 Å². The lowest BCUT2D eigenvalue weighted by Crippen LogP contribution is -2.51. The van der Waals surface area contributed by atoms with Crippen LogP contribution in [0.5, 0.6) is 0 Å². The fraction of sp³-hybridized carbons (Fsp3) is 0.381. The lowest BCUT2D eigenvalue weighted by Gasteiger charge is -2.44. The van der Waals surface area contributed by atoms with E-state index in [2.05, 4.69) is 32.7 Å². The molecule has 2 saturated heterocycles. The number of nitrogens with one attached hydrogen (secondary N) is 1. The van der Waals surface area contributed by atoms with E-state index in [4.69, 9.17) is 13.9 Å². The Morgan fingerprint density at radius 3 is 2.79 bits per heavy atom. The highest BCUT2D eigenvalue weighted by Gasteiger charge is 2.44. The maximum atomic E-state index is 12.6. The largest absolute Gasteiger partial charge is 0.444 e. The first-order chi connectivity index (χ1) is 13.5. The maximum Gasteiger partial charge on any atom is 0.291 e. The van der Waals surface area contributed by atoms with Crippen molar-refractivity contribution in [3.63, 3.8) is 0 Å². The summed E-state index contributed by atoms with van der Waals surface area (Å²) in [5.41, 5.74) is 2.81. The zero-order valence-corrected chi connectivity index (χ0v) is 17.3. The molecule has 3 heterocycles. The Bertz CT molecular complexity index is 888. The number of nitrogens with zero attached hydrogens (tertiary/aromatic N) is 1. The van der Waals surface area contributed by atoms with Crippen LogP contribution in [0.4, 0.5) is 11.4 Å². The predicted molar refractivity (Wildman–Crippen MR) is 111 cm³/mol. The Labute approximate surface area is 172 Å². The van der Waals surface area contributed by atoms with Gasteiger partial charge < -0.3 is 24.1 Å². The second-order valence-corrected chi connectivity index (χ2v) is 7.87. The molecule has 1 amide bonds. The summed E-state index contributed by atoms with van der Waals surface area (Å²) in [4.78, 5) is 14.9. The summed E-state index contributed by atoms with van der Waals surface area (Å²) in [6, 6.07) is 9.27. The molecule has 1 aromatic carbocycles. The topological polar surface area (TPSA) is 63.9 Å². The van der Waals surface area contributed by atoms with Crippen LogP contribution in [0.3, 0.4) is 0 Å². The van der Waals surface area contributed by atoms with Gasteiger partial charge in [0.2, 0.25) is 0 Å². The molecule has 1 atom stereocenters. The second kappa shape index (κ2) is 7.73. The number of carbonyl (C=O) groups excluding carboxylic acids is 1. The maximum absolute atomic E-state index is 12.6. The van der Waals surface area contributed by atoms with Crippen LogP contribution in [0.25, 0.3) is 0 Å². The van der Waals surface area contributed by atoms with Gasteiger partial charge in [-0.15, -0.1) is 6.58 Å². The zero-order valence-electron chi connectivity index (χ0n) is 15.7. The molecule has 1 N–H and O–H groups in total. The first-order valence-electron chi connectivity index (χ1n) is 9.35. The molecule has 0 saturated carbocycles. The molecule has 28 heavy (non-hydrogen) atoms. The van der Waals surface area contributed by atoms with E-state index >= 15 is 0 Å². The number of anilines is 2. The van der Waals surface area contributed by atoms with Crippen LogP contribution in [0.2, 0.25) is 0 Å². The van der Waals surface area contributed by atoms with Gasteiger partial charge in [0.05, 0.1) is 30.6 Å². The normalized spacial score (nSPS) is 21.1. The number of carbonyl (C=O) groups is 1. The molecule has 7 heteroatoms. The summed E-state index contributed by atoms with van der Waals surface area (Å²) in [5.74, 6) is -0.546. The molecular weight excluding hydrogens is 424 g/mol. The van der Waals surface area contributed by atoms with Gasteiger partial charge in [-0.1, -0.05) is 18.2 Å². The van der Waals surface area contributed by atoms with Crippen molar-refractivity contribution in [2.45, 2.75) is 31.6 Å². The highest BCUT2D eigenvalue weighted by molar-refractivity contribution is 9.10. The van der Waals surface area contributed by atoms with Crippen LogP contribution in [0.1, 0.15) is 29.0 Å². The number of para-hydroxylation sites is 1. The van der Waals surface area contributed by atoms with Gasteiger partial charge in [-0.05, 0) is 46.6 Å². The summed E-state index contributed by atoms with van der Waals surface area (Å²) in [6.07, 6.45) is 3.40. The minimum atomic E-state index is -0.512.